The second-order valence-electron chi connectivity index (χ2n) is 7.07. The average molecular weight is 286 g/mol. The first-order chi connectivity index (χ1) is 9.91. The summed E-state index contributed by atoms with van der Waals surface area (Å²) in [5.74, 6) is 0.500. The van der Waals surface area contributed by atoms with Gasteiger partial charge in [0.25, 0.3) is 0 Å². The van der Waals surface area contributed by atoms with Crippen LogP contribution in [0.2, 0.25) is 0 Å². The van der Waals surface area contributed by atoms with Gasteiger partial charge in [0.15, 0.2) is 0 Å². The molecular formula is C18H28N3. The first-order valence-electron chi connectivity index (χ1n) is 8.06. The summed E-state index contributed by atoms with van der Waals surface area (Å²) in [6.07, 6.45) is 4.54. The summed E-state index contributed by atoms with van der Waals surface area (Å²) in [4.78, 5) is 1.92. The van der Waals surface area contributed by atoms with Crippen LogP contribution in [0.5, 0.6) is 0 Å². The van der Waals surface area contributed by atoms with E-state index in [0.29, 0.717) is 17.4 Å². The molecule has 0 aliphatic heterocycles. The Hall–Kier alpha value is -1.38. The van der Waals surface area contributed by atoms with Crippen LogP contribution in [0.3, 0.4) is 0 Å². The Morgan fingerprint density at radius 2 is 1.67 bits per heavy atom. The zero-order valence-corrected chi connectivity index (χ0v) is 13.8. The quantitative estimate of drug-likeness (QED) is 0.744. The van der Waals surface area contributed by atoms with Crippen LogP contribution in [0.15, 0.2) is 24.3 Å². The van der Waals surface area contributed by atoms with Crippen molar-refractivity contribution in [3.05, 3.63) is 31.2 Å². The van der Waals surface area contributed by atoms with E-state index in [1.807, 2.05) is 29.1 Å². The molecule has 0 saturated heterocycles. The van der Waals surface area contributed by atoms with Gasteiger partial charge in [-0.3, -0.25) is 0 Å². The van der Waals surface area contributed by atoms with Crippen molar-refractivity contribution in [2.24, 2.45) is 11.3 Å². The van der Waals surface area contributed by atoms with Crippen molar-refractivity contribution in [1.29, 1.82) is 0 Å². The Morgan fingerprint density at radius 3 is 2.14 bits per heavy atom. The standard InChI is InChI=1S/C18H28N3/c1-6-15(11-9-10-14(2)18(3,4)5)21-19-16-12-7-8-13-17(16)20-21/h7-8,12-15H,2,6,9-11H2,1,3-5H3. The van der Waals surface area contributed by atoms with E-state index >= 15 is 0 Å². The predicted molar refractivity (Wildman–Crippen MR) is 89.0 cm³/mol. The minimum atomic E-state index is 0.292. The number of hydrogen-bond donors (Lipinski definition) is 0. The van der Waals surface area contributed by atoms with Crippen LogP contribution in [-0.2, 0) is 0 Å². The molecule has 2 unspecified atom stereocenters. The molecule has 0 aliphatic rings. The van der Waals surface area contributed by atoms with Gasteiger partial charge in [0.05, 0.1) is 6.04 Å². The van der Waals surface area contributed by atoms with E-state index in [0.717, 1.165) is 23.9 Å². The Kier molecular flexibility index (Phi) is 5.02. The van der Waals surface area contributed by atoms with Crippen molar-refractivity contribution in [3.63, 3.8) is 0 Å². The molecule has 0 N–H and O–H groups in total. The van der Waals surface area contributed by atoms with Gasteiger partial charge in [-0.15, -0.1) is 0 Å². The molecule has 0 saturated carbocycles. The highest BCUT2D eigenvalue weighted by Crippen LogP contribution is 2.30. The van der Waals surface area contributed by atoms with Gasteiger partial charge in [-0.2, -0.15) is 15.0 Å². The lowest BCUT2D eigenvalue weighted by molar-refractivity contribution is 0.258. The molecule has 3 nitrogen and oxygen atoms in total. The molecule has 1 radical (unpaired) electrons. The zero-order chi connectivity index (χ0) is 15.5. The summed E-state index contributed by atoms with van der Waals surface area (Å²) in [6, 6.07) is 8.47. The molecule has 115 valence electrons. The van der Waals surface area contributed by atoms with Crippen LogP contribution in [-0.4, -0.2) is 15.0 Å². The third-order valence-electron chi connectivity index (χ3n) is 4.41. The Bertz CT molecular complexity index is 532. The second-order valence-corrected chi connectivity index (χ2v) is 7.07. The molecule has 2 aromatic rings. The monoisotopic (exact) mass is 286 g/mol. The molecule has 0 bridgehead atoms. The van der Waals surface area contributed by atoms with Crippen molar-refractivity contribution in [3.8, 4) is 0 Å². The predicted octanol–water partition coefficient (Wildman–Crippen LogP) is 5.05. The molecule has 2 atom stereocenters. The maximum atomic E-state index is 4.62. The van der Waals surface area contributed by atoms with Crippen LogP contribution in [0, 0.1) is 18.3 Å². The highest BCUT2D eigenvalue weighted by Gasteiger charge is 2.20. The SMILES string of the molecule is [CH2]C(CCCC(CC)n1nc2ccccc2n1)C(C)(C)C. The first-order valence-corrected chi connectivity index (χ1v) is 8.06. The molecule has 1 aromatic carbocycles. The number of rotatable bonds is 6. The number of hydrogen-bond acceptors (Lipinski definition) is 2. The minimum absolute atomic E-state index is 0.292. The van der Waals surface area contributed by atoms with E-state index < -0.39 is 0 Å². The van der Waals surface area contributed by atoms with Crippen molar-refractivity contribution in [2.75, 3.05) is 0 Å². The molecular weight excluding hydrogens is 258 g/mol. The van der Waals surface area contributed by atoms with Crippen LogP contribution in [0.4, 0.5) is 0 Å². The Balaban J connectivity index is 1.97. The molecule has 21 heavy (non-hydrogen) atoms. The summed E-state index contributed by atoms with van der Waals surface area (Å²) in [6.45, 7) is 13.3. The van der Waals surface area contributed by atoms with Gasteiger partial charge in [0.1, 0.15) is 11.0 Å². The minimum Gasteiger partial charge on any atom is -0.181 e. The van der Waals surface area contributed by atoms with E-state index in [9.17, 15) is 0 Å². The van der Waals surface area contributed by atoms with Crippen LogP contribution >= 0.6 is 0 Å². The maximum Gasteiger partial charge on any atom is 0.113 e. The lowest BCUT2D eigenvalue weighted by atomic mass is 9.79. The normalized spacial score (nSPS) is 15.3. The van der Waals surface area contributed by atoms with Gasteiger partial charge >= 0.3 is 0 Å². The van der Waals surface area contributed by atoms with E-state index in [-0.39, 0.29) is 0 Å². The van der Waals surface area contributed by atoms with Crippen molar-refractivity contribution < 1.29 is 0 Å². The van der Waals surface area contributed by atoms with Crippen molar-refractivity contribution in [1.82, 2.24) is 15.0 Å². The smallest absolute Gasteiger partial charge is 0.113 e. The van der Waals surface area contributed by atoms with Crippen LogP contribution in [0.1, 0.15) is 59.4 Å². The van der Waals surface area contributed by atoms with Gasteiger partial charge in [-0.05, 0) is 49.7 Å². The zero-order valence-electron chi connectivity index (χ0n) is 13.8. The first kappa shape index (κ1) is 16.0. The summed E-state index contributed by atoms with van der Waals surface area (Å²) in [5, 5.41) is 9.24. The van der Waals surface area contributed by atoms with Gasteiger partial charge in [-0.25, -0.2) is 0 Å². The van der Waals surface area contributed by atoms with Crippen LogP contribution < -0.4 is 0 Å². The molecule has 0 amide bonds. The fraction of sp³-hybridized carbons (Fsp3) is 0.611. The van der Waals surface area contributed by atoms with Gasteiger partial charge in [-0.1, -0.05) is 46.2 Å². The number of aromatic nitrogens is 3. The summed E-state index contributed by atoms with van der Waals surface area (Å²) in [7, 11) is 0. The molecule has 1 heterocycles. The van der Waals surface area contributed by atoms with Gasteiger partial charge in [0.2, 0.25) is 0 Å². The van der Waals surface area contributed by atoms with E-state index in [2.05, 4.69) is 44.8 Å². The summed E-state index contributed by atoms with van der Waals surface area (Å²) in [5.41, 5.74) is 2.27. The lowest BCUT2D eigenvalue weighted by Crippen LogP contribution is -2.18. The molecule has 0 spiro atoms. The van der Waals surface area contributed by atoms with Crippen LogP contribution in [0.25, 0.3) is 11.0 Å². The third kappa shape index (κ3) is 4.05. The molecule has 2 rings (SSSR count). The lowest BCUT2D eigenvalue weighted by Gasteiger charge is -2.27. The Labute approximate surface area is 128 Å². The number of benzene rings is 1. The van der Waals surface area contributed by atoms with Crippen molar-refractivity contribution >= 4 is 11.0 Å². The fourth-order valence-corrected chi connectivity index (χ4v) is 2.56. The highest BCUT2D eigenvalue weighted by molar-refractivity contribution is 5.72. The van der Waals surface area contributed by atoms with Gasteiger partial charge < -0.3 is 0 Å². The second kappa shape index (κ2) is 6.59. The number of nitrogens with zero attached hydrogens (tertiary/aromatic N) is 3. The molecule has 0 aliphatic carbocycles. The topological polar surface area (TPSA) is 30.7 Å². The summed E-state index contributed by atoms with van der Waals surface area (Å²) < 4.78 is 0. The summed E-state index contributed by atoms with van der Waals surface area (Å²) >= 11 is 0. The molecule has 0 fully saturated rings. The van der Waals surface area contributed by atoms with E-state index in [1.165, 1.54) is 12.8 Å². The highest BCUT2D eigenvalue weighted by atomic mass is 15.5. The fourth-order valence-electron chi connectivity index (χ4n) is 2.56. The largest absolute Gasteiger partial charge is 0.181 e. The third-order valence-corrected chi connectivity index (χ3v) is 4.41. The molecule has 1 aromatic heterocycles. The van der Waals surface area contributed by atoms with E-state index in [1.54, 1.807) is 0 Å². The average Bonchev–Trinajstić information content (AvgIpc) is 2.85. The van der Waals surface area contributed by atoms with Gasteiger partial charge in [0, 0.05) is 0 Å². The Morgan fingerprint density at radius 1 is 1.10 bits per heavy atom. The van der Waals surface area contributed by atoms with Crippen molar-refractivity contribution in [2.45, 2.75) is 59.4 Å². The molecule has 3 heteroatoms. The number of fused-ring (bicyclic) bond motifs is 1. The van der Waals surface area contributed by atoms with E-state index in [4.69, 9.17) is 0 Å². The maximum absolute atomic E-state index is 4.62.